The lowest BCUT2D eigenvalue weighted by Gasteiger charge is -2.11. The van der Waals surface area contributed by atoms with E-state index < -0.39 is 5.91 Å². The summed E-state index contributed by atoms with van der Waals surface area (Å²) in [5.41, 5.74) is 0.623. The quantitative estimate of drug-likeness (QED) is 0.905. The highest BCUT2D eigenvalue weighted by Crippen LogP contribution is 2.36. The van der Waals surface area contributed by atoms with E-state index in [1.54, 1.807) is 12.1 Å². The third kappa shape index (κ3) is 2.62. The van der Waals surface area contributed by atoms with Crippen molar-refractivity contribution in [3.8, 4) is 5.75 Å². The Balaban J connectivity index is 2.31. The number of amides is 1. The molecule has 0 bridgehead atoms. The zero-order valence-corrected chi connectivity index (χ0v) is 11.5. The summed E-state index contributed by atoms with van der Waals surface area (Å²) >= 11 is 9.22. The predicted molar refractivity (Wildman–Crippen MR) is 70.0 cm³/mol. The van der Waals surface area contributed by atoms with Crippen LogP contribution in [0.2, 0.25) is 5.02 Å². The SMILES string of the molecule is COc1c(Br)cc(Cl)cc1NC(=O)c1cn[nH]n1. The molecule has 0 aliphatic carbocycles. The number of carbonyl (C=O) groups excluding carboxylic acids is 1. The van der Waals surface area contributed by atoms with Crippen LogP contribution in [0.25, 0.3) is 0 Å². The van der Waals surface area contributed by atoms with E-state index >= 15 is 0 Å². The molecule has 1 heterocycles. The zero-order chi connectivity index (χ0) is 13.1. The van der Waals surface area contributed by atoms with Crippen molar-refractivity contribution in [1.82, 2.24) is 15.4 Å². The van der Waals surface area contributed by atoms with Crippen LogP contribution >= 0.6 is 27.5 Å². The Kier molecular flexibility index (Phi) is 3.83. The molecule has 2 N–H and O–H groups in total. The fourth-order valence-electron chi connectivity index (χ4n) is 1.36. The molecular weight excluding hydrogens is 323 g/mol. The van der Waals surface area contributed by atoms with E-state index in [1.165, 1.54) is 13.3 Å². The molecule has 0 atom stereocenters. The Morgan fingerprint density at radius 1 is 1.56 bits per heavy atom. The standard InChI is InChI=1S/C10H8BrClN4O2/c1-18-9-6(11)2-5(12)3-7(9)14-10(17)8-4-13-16-15-8/h2-4H,1H3,(H,14,17)(H,13,15,16). The largest absolute Gasteiger partial charge is 0.493 e. The van der Waals surface area contributed by atoms with E-state index in [2.05, 4.69) is 36.7 Å². The van der Waals surface area contributed by atoms with E-state index in [4.69, 9.17) is 16.3 Å². The van der Waals surface area contributed by atoms with Crippen LogP contribution in [0.3, 0.4) is 0 Å². The van der Waals surface area contributed by atoms with Crippen LogP contribution in [-0.4, -0.2) is 28.4 Å². The van der Waals surface area contributed by atoms with Gasteiger partial charge in [0.2, 0.25) is 0 Å². The van der Waals surface area contributed by atoms with E-state index in [0.29, 0.717) is 20.9 Å². The molecule has 0 fully saturated rings. The van der Waals surface area contributed by atoms with Gasteiger partial charge in [-0.1, -0.05) is 11.6 Å². The third-order valence-electron chi connectivity index (χ3n) is 2.11. The van der Waals surface area contributed by atoms with Crippen LogP contribution in [0.15, 0.2) is 22.8 Å². The minimum atomic E-state index is -0.406. The number of aromatic amines is 1. The normalized spacial score (nSPS) is 10.2. The Morgan fingerprint density at radius 2 is 2.33 bits per heavy atom. The summed E-state index contributed by atoms with van der Waals surface area (Å²) in [4.78, 5) is 11.8. The first-order valence-electron chi connectivity index (χ1n) is 4.82. The minimum Gasteiger partial charge on any atom is -0.493 e. The molecule has 0 aliphatic heterocycles. The highest BCUT2D eigenvalue weighted by molar-refractivity contribution is 9.10. The van der Waals surface area contributed by atoms with Crippen molar-refractivity contribution < 1.29 is 9.53 Å². The van der Waals surface area contributed by atoms with Crippen molar-refractivity contribution in [1.29, 1.82) is 0 Å². The third-order valence-corrected chi connectivity index (χ3v) is 2.92. The number of hydrogen-bond acceptors (Lipinski definition) is 4. The minimum absolute atomic E-state index is 0.174. The van der Waals surface area contributed by atoms with E-state index in [0.717, 1.165) is 0 Å². The van der Waals surface area contributed by atoms with Crippen molar-refractivity contribution in [3.05, 3.63) is 33.5 Å². The molecule has 1 aromatic carbocycles. The van der Waals surface area contributed by atoms with Crippen LogP contribution in [0.4, 0.5) is 5.69 Å². The van der Waals surface area contributed by atoms with Gasteiger partial charge in [-0.3, -0.25) is 4.79 Å². The summed E-state index contributed by atoms with van der Waals surface area (Å²) in [5.74, 6) is 0.0764. The average Bonchev–Trinajstić information content (AvgIpc) is 2.81. The number of methoxy groups -OCH3 is 1. The second kappa shape index (κ2) is 5.36. The number of rotatable bonds is 3. The number of ether oxygens (including phenoxy) is 1. The van der Waals surface area contributed by atoms with Gasteiger partial charge in [-0.15, -0.1) is 0 Å². The number of nitrogens with one attached hydrogen (secondary N) is 2. The van der Waals surface area contributed by atoms with Crippen molar-refractivity contribution in [2.24, 2.45) is 0 Å². The number of benzene rings is 1. The van der Waals surface area contributed by atoms with Gasteiger partial charge in [-0.2, -0.15) is 15.4 Å². The Morgan fingerprint density at radius 3 is 2.94 bits per heavy atom. The number of halogens is 2. The highest BCUT2D eigenvalue weighted by Gasteiger charge is 2.14. The van der Waals surface area contributed by atoms with Crippen LogP contribution in [-0.2, 0) is 0 Å². The van der Waals surface area contributed by atoms with Crippen LogP contribution in [0, 0.1) is 0 Å². The van der Waals surface area contributed by atoms with Gasteiger partial charge in [0.05, 0.1) is 23.5 Å². The molecule has 1 amide bonds. The number of carbonyl (C=O) groups is 1. The summed E-state index contributed by atoms with van der Waals surface area (Å²) in [6.07, 6.45) is 1.32. The van der Waals surface area contributed by atoms with Gasteiger partial charge < -0.3 is 10.1 Å². The highest BCUT2D eigenvalue weighted by atomic mass is 79.9. The van der Waals surface area contributed by atoms with Crippen molar-refractivity contribution in [2.75, 3.05) is 12.4 Å². The average molecular weight is 332 g/mol. The summed E-state index contributed by atoms with van der Waals surface area (Å²) in [5, 5.41) is 12.7. The first kappa shape index (κ1) is 12.8. The number of hydrogen-bond donors (Lipinski definition) is 2. The summed E-state index contributed by atoms with van der Waals surface area (Å²) in [6, 6.07) is 3.26. The first-order chi connectivity index (χ1) is 8.61. The van der Waals surface area contributed by atoms with E-state index in [9.17, 15) is 4.79 Å². The van der Waals surface area contributed by atoms with Gasteiger partial charge in [0.15, 0.2) is 11.4 Å². The monoisotopic (exact) mass is 330 g/mol. The maximum atomic E-state index is 11.8. The Bertz CT molecular complexity index is 574. The molecule has 2 aromatic rings. The topological polar surface area (TPSA) is 79.9 Å². The molecule has 8 heteroatoms. The second-order valence-corrected chi connectivity index (χ2v) is 4.57. The molecule has 6 nitrogen and oxygen atoms in total. The maximum absolute atomic E-state index is 11.8. The molecule has 94 valence electrons. The zero-order valence-electron chi connectivity index (χ0n) is 9.20. The van der Waals surface area contributed by atoms with Crippen molar-refractivity contribution in [3.63, 3.8) is 0 Å². The smallest absolute Gasteiger partial charge is 0.277 e. The maximum Gasteiger partial charge on any atom is 0.277 e. The summed E-state index contributed by atoms with van der Waals surface area (Å²) in [6.45, 7) is 0. The molecule has 0 spiro atoms. The van der Waals surface area contributed by atoms with Crippen molar-refractivity contribution in [2.45, 2.75) is 0 Å². The van der Waals surface area contributed by atoms with Gasteiger partial charge in [-0.05, 0) is 28.1 Å². The van der Waals surface area contributed by atoms with Gasteiger partial charge >= 0.3 is 0 Å². The van der Waals surface area contributed by atoms with Crippen LogP contribution in [0.5, 0.6) is 5.75 Å². The van der Waals surface area contributed by atoms with Gasteiger partial charge in [-0.25, -0.2) is 0 Å². The molecule has 0 radical (unpaired) electrons. The Hall–Kier alpha value is -1.60. The molecule has 18 heavy (non-hydrogen) atoms. The van der Waals surface area contributed by atoms with E-state index in [-0.39, 0.29) is 5.69 Å². The fourth-order valence-corrected chi connectivity index (χ4v) is 2.33. The molecule has 0 unspecified atom stereocenters. The number of anilines is 1. The predicted octanol–water partition coefficient (Wildman–Crippen LogP) is 2.48. The molecule has 1 aromatic heterocycles. The summed E-state index contributed by atoms with van der Waals surface area (Å²) in [7, 11) is 1.50. The molecule has 0 saturated carbocycles. The lowest BCUT2D eigenvalue weighted by molar-refractivity contribution is 0.102. The number of nitrogens with zero attached hydrogens (tertiary/aromatic N) is 2. The lowest BCUT2D eigenvalue weighted by Crippen LogP contribution is -2.13. The van der Waals surface area contributed by atoms with Gasteiger partial charge in [0, 0.05) is 5.02 Å². The first-order valence-corrected chi connectivity index (χ1v) is 5.99. The number of H-pyrrole nitrogens is 1. The van der Waals surface area contributed by atoms with E-state index in [1.807, 2.05) is 0 Å². The fraction of sp³-hybridized carbons (Fsp3) is 0.100. The molecular formula is C10H8BrClN4O2. The summed E-state index contributed by atoms with van der Waals surface area (Å²) < 4.78 is 5.83. The Labute approximate surface area is 116 Å². The van der Waals surface area contributed by atoms with Crippen LogP contribution < -0.4 is 10.1 Å². The molecule has 0 saturated heterocycles. The number of aromatic nitrogens is 3. The van der Waals surface area contributed by atoms with Crippen molar-refractivity contribution >= 4 is 39.1 Å². The lowest BCUT2D eigenvalue weighted by atomic mass is 10.3. The molecule has 2 rings (SSSR count). The second-order valence-electron chi connectivity index (χ2n) is 3.28. The van der Waals surface area contributed by atoms with Gasteiger partial charge in [0.25, 0.3) is 5.91 Å². The molecule has 0 aliphatic rings. The van der Waals surface area contributed by atoms with Gasteiger partial charge in [0.1, 0.15) is 0 Å². The van der Waals surface area contributed by atoms with Crippen LogP contribution in [0.1, 0.15) is 10.5 Å².